The third kappa shape index (κ3) is 5.63. The molecule has 10 heteroatoms. The molecule has 0 saturated carbocycles. The Bertz CT molecular complexity index is 1330. The lowest BCUT2D eigenvalue weighted by Gasteiger charge is -2.21. The number of methoxy groups -OCH3 is 1. The number of nitriles is 1. The highest BCUT2D eigenvalue weighted by atomic mass is 19.1. The molecular weight excluding hydrogens is 465 g/mol. The minimum atomic E-state index is -1.10. The third-order valence-electron chi connectivity index (χ3n) is 6.19. The summed E-state index contributed by atoms with van der Waals surface area (Å²) in [5.74, 6) is -1.55. The highest BCUT2D eigenvalue weighted by Gasteiger charge is 2.30. The number of hydrogen-bond acceptors (Lipinski definition) is 5. The largest absolute Gasteiger partial charge is 0.496 e. The molecule has 4 N–H and O–H groups in total. The fraction of sp³-hybridized carbons (Fsp3) is 0.308. The van der Waals surface area contributed by atoms with Gasteiger partial charge in [0.15, 0.2) is 0 Å². The summed E-state index contributed by atoms with van der Waals surface area (Å²) in [7, 11) is 1.53. The molecule has 186 valence electrons. The number of H-pyrrole nitrogens is 1. The second-order valence-electron chi connectivity index (χ2n) is 8.67. The van der Waals surface area contributed by atoms with E-state index in [-0.39, 0.29) is 30.4 Å². The molecule has 3 aromatic rings. The summed E-state index contributed by atoms with van der Waals surface area (Å²) in [5, 5.41) is 18.3. The molecule has 9 nitrogen and oxygen atoms in total. The van der Waals surface area contributed by atoms with Crippen molar-refractivity contribution in [1.82, 2.24) is 20.9 Å². The monoisotopic (exact) mass is 491 g/mol. The Balaban J connectivity index is 1.54. The minimum absolute atomic E-state index is 0.000939. The first-order chi connectivity index (χ1) is 17.4. The van der Waals surface area contributed by atoms with Crippen LogP contribution in [0.5, 0.6) is 5.75 Å². The van der Waals surface area contributed by atoms with Gasteiger partial charge in [-0.3, -0.25) is 14.4 Å². The Kier molecular flexibility index (Phi) is 7.49. The summed E-state index contributed by atoms with van der Waals surface area (Å²) in [5.41, 5.74) is 1.40. The van der Waals surface area contributed by atoms with Crippen molar-refractivity contribution < 1.29 is 23.5 Å². The van der Waals surface area contributed by atoms with Crippen molar-refractivity contribution in [1.29, 1.82) is 5.26 Å². The van der Waals surface area contributed by atoms with E-state index in [0.717, 1.165) is 0 Å². The smallest absolute Gasteiger partial charge is 0.268 e. The predicted molar refractivity (Wildman–Crippen MR) is 129 cm³/mol. The van der Waals surface area contributed by atoms with Gasteiger partial charge in [-0.15, -0.1) is 0 Å². The van der Waals surface area contributed by atoms with Crippen LogP contribution in [-0.2, 0) is 16.0 Å². The van der Waals surface area contributed by atoms with Crippen molar-refractivity contribution >= 4 is 28.6 Å². The highest BCUT2D eigenvalue weighted by molar-refractivity contribution is 6.01. The highest BCUT2D eigenvalue weighted by Crippen LogP contribution is 2.26. The summed E-state index contributed by atoms with van der Waals surface area (Å²) in [6.45, 7) is 0.531. The molecule has 0 radical (unpaired) electrons. The maximum absolute atomic E-state index is 13.8. The first kappa shape index (κ1) is 24.7. The Labute approximate surface area is 207 Å². The second-order valence-corrected chi connectivity index (χ2v) is 8.67. The SMILES string of the molecule is COc1cccc2[nH]c(C(=O)N[C@@H](Cc3cccc(F)c3)C(=O)N[C@H](C#N)C[C@@H]3CCNC3=O)cc12. The van der Waals surface area contributed by atoms with Crippen LogP contribution < -0.4 is 20.7 Å². The molecule has 1 aliphatic heterocycles. The molecule has 2 heterocycles. The van der Waals surface area contributed by atoms with Crippen LogP contribution in [0, 0.1) is 23.1 Å². The number of aromatic nitrogens is 1. The Hall–Kier alpha value is -4.39. The lowest BCUT2D eigenvalue weighted by atomic mass is 9.98. The van der Waals surface area contributed by atoms with Crippen LogP contribution in [0.15, 0.2) is 48.5 Å². The summed E-state index contributed by atoms with van der Waals surface area (Å²) in [6, 6.07) is 12.7. The lowest BCUT2D eigenvalue weighted by Crippen LogP contribution is -2.51. The number of halogens is 1. The molecule has 1 fully saturated rings. The average Bonchev–Trinajstić information content (AvgIpc) is 3.49. The van der Waals surface area contributed by atoms with Crippen LogP contribution >= 0.6 is 0 Å². The van der Waals surface area contributed by atoms with E-state index in [4.69, 9.17) is 4.74 Å². The Morgan fingerprint density at radius 2 is 2.03 bits per heavy atom. The lowest BCUT2D eigenvalue weighted by molar-refractivity contribution is -0.125. The second kappa shape index (κ2) is 10.9. The molecule has 0 bridgehead atoms. The van der Waals surface area contributed by atoms with E-state index in [0.29, 0.717) is 35.2 Å². The van der Waals surface area contributed by atoms with Crippen LogP contribution in [0.3, 0.4) is 0 Å². The van der Waals surface area contributed by atoms with Gasteiger partial charge in [-0.05, 0) is 48.7 Å². The Morgan fingerprint density at radius 3 is 2.72 bits per heavy atom. The molecule has 3 atom stereocenters. The number of hydrogen-bond donors (Lipinski definition) is 4. The van der Waals surface area contributed by atoms with E-state index in [1.807, 2.05) is 6.07 Å². The molecule has 0 unspecified atom stereocenters. The zero-order valence-corrected chi connectivity index (χ0v) is 19.6. The van der Waals surface area contributed by atoms with Gasteiger partial charge in [0.25, 0.3) is 5.91 Å². The molecular formula is C26H26FN5O4. The molecule has 1 aliphatic rings. The van der Waals surface area contributed by atoms with Gasteiger partial charge in [0, 0.05) is 29.8 Å². The van der Waals surface area contributed by atoms with Gasteiger partial charge < -0.3 is 25.7 Å². The van der Waals surface area contributed by atoms with Gasteiger partial charge in [0.2, 0.25) is 11.8 Å². The molecule has 4 rings (SSSR count). The topological polar surface area (TPSA) is 136 Å². The number of fused-ring (bicyclic) bond motifs is 1. The van der Waals surface area contributed by atoms with Gasteiger partial charge in [-0.1, -0.05) is 18.2 Å². The molecule has 2 aromatic carbocycles. The number of amides is 3. The van der Waals surface area contributed by atoms with Gasteiger partial charge in [0.05, 0.1) is 13.2 Å². The van der Waals surface area contributed by atoms with Gasteiger partial charge in [-0.25, -0.2) is 4.39 Å². The number of aromatic amines is 1. The number of benzene rings is 2. The Morgan fingerprint density at radius 1 is 1.22 bits per heavy atom. The minimum Gasteiger partial charge on any atom is -0.496 e. The number of ether oxygens (including phenoxy) is 1. The van der Waals surface area contributed by atoms with Crippen LogP contribution in [0.1, 0.15) is 28.9 Å². The molecule has 36 heavy (non-hydrogen) atoms. The summed E-state index contributed by atoms with van der Waals surface area (Å²) < 4.78 is 19.1. The fourth-order valence-corrected chi connectivity index (χ4v) is 4.34. The molecule has 1 saturated heterocycles. The van der Waals surface area contributed by atoms with Crippen LogP contribution in [0.2, 0.25) is 0 Å². The van der Waals surface area contributed by atoms with Crippen LogP contribution in [0.25, 0.3) is 10.9 Å². The van der Waals surface area contributed by atoms with Crippen LogP contribution in [0.4, 0.5) is 4.39 Å². The number of nitrogens with one attached hydrogen (secondary N) is 4. The average molecular weight is 492 g/mol. The quantitative estimate of drug-likeness (QED) is 0.364. The van der Waals surface area contributed by atoms with Crippen molar-refractivity contribution in [3.8, 4) is 11.8 Å². The van der Waals surface area contributed by atoms with Crippen molar-refractivity contribution in [3.05, 3.63) is 65.6 Å². The number of carbonyl (C=O) groups is 3. The van der Waals surface area contributed by atoms with E-state index in [2.05, 4.69) is 20.9 Å². The van der Waals surface area contributed by atoms with Gasteiger partial charge in [0.1, 0.15) is 29.3 Å². The number of rotatable bonds is 9. The molecule has 0 spiro atoms. The van der Waals surface area contributed by atoms with Crippen molar-refractivity contribution in [2.75, 3.05) is 13.7 Å². The number of carbonyl (C=O) groups excluding carboxylic acids is 3. The van der Waals surface area contributed by atoms with Crippen molar-refractivity contribution in [2.45, 2.75) is 31.3 Å². The van der Waals surface area contributed by atoms with Crippen LogP contribution in [-0.4, -0.2) is 48.4 Å². The maximum atomic E-state index is 13.8. The number of nitrogens with zero attached hydrogens (tertiary/aromatic N) is 1. The van der Waals surface area contributed by atoms with Gasteiger partial charge in [-0.2, -0.15) is 5.26 Å². The first-order valence-electron chi connectivity index (χ1n) is 11.6. The van der Waals surface area contributed by atoms with E-state index in [1.54, 1.807) is 30.3 Å². The normalized spacial score (nSPS) is 16.6. The van der Waals surface area contributed by atoms with Crippen molar-refractivity contribution in [3.63, 3.8) is 0 Å². The van der Waals surface area contributed by atoms with E-state index in [9.17, 15) is 24.0 Å². The zero-order valence-electron chi connectivity index (χ0n) is 19.6. The van der Waals surface area contributed by atoms with E-state index in [1.165, 1.54) is 25.3 Å². The fourth-order valence-electron chi connectivity index (χ4n) is 4.34. The molecule has 1 aromatic heterocycles. The first-order valence-corrected chi connectivity index (χ1v) is 11.6. The predicted octanol–water partition coefficient (Wildman–Crippen LogP) is 2.19. The van der Waals surface area contributed by atoms with E-state index < -0.39 is 29.7 Å². The summed E-state index contributed by atoms with van der Waals surface area (Å²) >= 11 is 0. The van der Waals surface area contributed by atoms with Gasteiger partial charge >= 0.3 is 0 Å². The zero-order chi connectivity index (χ0) is 25.7. The third-order valence-corrected chi connectivity index (χ3v) is 6.19. The maximum Gasteiger partial charge on any atom is 0.268 e. The standard InChI is InChI=1S/C26H26FN5O4/c1-36-23-7-3-6-20-19(23)13-22(31-20)26(35)32-21(11-15-4-2-5-17(27)10-15)25(34)30-18(14-28)12-16-8-9-29-24(16)33/h2-7,10,13,16,18,21,31H,8-9,11-12H2,1H3,(H,29,33)(H,30,34)(H,32,35)/t16-,18-,21-/m0/s1. The summed E-state index contributed by atoms with van der Waals surface area (Å²) in [4.78, 5) is 41.2. The molecule has 3 amide bonds. The molecule has 0 aliphatic carbocycles. The summed E-state index contributed by atoms with van der Waals surface area (Å²) in [6.07, 6.45) is 0.748. The van der Waals surface area contributed by atoms with Crippen molar-refractivity contribution in [2.24, 2.45) is 5.92 Å². The van der Waals surface area contributed by atoms with E-state index >= 15 is 0 Å².